The summed E-state index contributed by atoms with van der Waals surface area (Å²) in [5.74, 6) is 0. The summed E-state index contributed by atoms with van der Waals surface area (Å²) in [5.41, 5.74) is 32.7. The molecule has 0 fully saturated rings. The molecule has 0 atom stereocenters. The van der Waals surface area contributed by atoms with Crippen molar-refractivity contribution in [2.75, 3.05) is 0 Å². The lowest BCUT2D eigenvalue weighted by Crippen LogP contribution is -2.05. The van der Waals surface area contributed by atoms with Gasteiger partial charge in [-0.05, 0) is 173 Å². The monoisotopic (exact) mass is 954 g/mol. The maximum absolute atomic E-state index is 2.53. The normalized spacial score (nSPS) is 12.8. The van der Waals surface area contributed by atoms with Crippen LogP contribution in [0.5, 0.6) is 0 Å². The number of fused-ring (bicyclic) bond motifs is 10. The van der Waals surface area contributed by atoms with Crippen LogP contribution >= 0.6 is 0 Å². The van der Waals surface area contributed by atoms with Gasteiger partial charge >= 0.3 is 0 Å². The van der Waals surface area contributed by atoms with Crippen molar-refractivity contribution in [2.24, 2.45) is 0 Å². The van der Waals surface area contributed by atoms with E-state index in [2.05, 4.69) is 256 Å². The third-order valence-electron chi connectivity index (χ3n) is 16.1. The van der Waals surface area contributed by atoms with Crippen LogP contribution in [0.4, 0.5) is 0 Å². The first-order valence-electron chi connectivity index (χ1n) is 26.9. The molecule has 0 bridgehead atoms. The molecule has 0 aromatic heterocycles. The van der Waals surface area contributed by atoms with E-state index < -0.39 is 0 Å². The number of allylic oxidation sites excluding steroid dienone is 1. The molecule has 0 heteroatoms. The first-order valence-corrected chi connectivity index (χ1v) is 26.9. The molecular weight excluding hydrogens is 901 g/mol. The minimum absolute atomic E-state index is 0.850. The molecule has 12 aromatic carbocycles. The molecule has 0 N–H and O–H groups in total. The Bertz CT molecular complexity index is 4270. The van der Waals surface area contributed by atoms with E-state index in [0.717, 1.165) is 12.8 Å². The summed E-state index contributed by atoms with van der Waals surface area (Å²) in [5, 5.41) is 5.33. The van der Waals surface area contributed by atoms with Crippen molar-refractivity contribution >= 4 is 27.1 Å². The van der Waals surface area contributed by atoms with Crippen LogP contribution in [0, 0.1) is 0 Å². The molecule has 15 rings (SSSR count). The summed E-state index contributed by atoms with van der Waals surface area (Å²) < 4.78 is 0. The Morgan fingerprint density at radius 3 is 1.35 bits per heavy atom. The summed E-state index contributed by atoms with van der Waals surface area (Å²) in [4.78, 5) is 0. The third-order valence-corrected chi connectivity index (χ3v) is 16.1. The zero-order chi connectivity index (χ0) is 50.1. The minimum Gasteiger partial charge on any atom is -0.0763 e. The van der Waals surface area contributed by atoms with Crippen molar-refractivity contribution in [3.05, 3.63) is 271 Å². The van der Waals surface area contributed by atoms with Crippen LogP contribution in [-0.4, -0.2) is 0 Å². The topological polar surface area (TPSA) is 0 Å². The summed E-state index contributed by atoms with van der Waals surface area (Å²) in [6.45, 7) is 6.30. The van der Waals surface area contributed by atoms with Crippen LogP contribution in [0.3, 0.4) is 0 Å². The Hall–Kier alpha value is -9.10. The quantitative estimate of drug-likeness (QED) is 0.149. The van der Waals surface area contributed by atoms with E-state index in [9.17, 15) is 0 Å². The molecule has 0 amide bonds. The first-order chi connectivity index (χ1) is 37.2. The maximum Gasteiger partial charge on any atom is -0.000682 e. The fourth-order valence-electron chi connectivity index (χ4n) is 13.2. The van der Waals surface area contributed by atoms with Crippen molar-refractivity contribution in [1.82, 2.24) is 0 Å². The van der Waals surface area contributed by atoms with E-state index >= 15 is 0 Å². The predicted molar refractivity (Wildman–Crippen MR) is 321 cm³/mol. The van der Waals surface area contributed by atoms with Crippen LogP contribution in [0.15, 0.2) is 249 Å². The summed E-state index contributed by atoms with van der Waals surface area (Å²) in [7, 11) is 0. The lowest BCUT2D eigenvalue weighted by molar-refractivity contribution is 1.18. The van der Waals surface area contributed by atoms with Crippen LogP contribution in [0.25, 0.3) is 138 Å². The van der Waals surface area contributed by atoms with Gasteiger partial charge in [-0.3, -0.25) is 0 Å². The lowest BCUT2D eigenvalue weighted by atomic mass is 9.78. The molecule has 0 aliphatic heterocycles. The summed E-state index contributed by atoms with van der Waals surface area (Å²) in [6.07, 6.45) is 4.30. The second-order valence-electron chi connectivity index (χ2n) is 19.9. The van der Waals surface area contributed by atoms with Gasteiger partial charge < -0.3 is 0 Å². The fraction of sp³-hybridized carbons (Fsp3) is 0.0667. The number of rotatable bonds is 7. The zero-order valence-corrected chi connectivity index (χ0v) is 42.6. The van der Waals surface area contributed by atoms with Gasteiger partial charge in [-0.2, -0.15) is 0 Å². The van der Waals surface area contributed by atoms with Gasteiger partial charge in [0.25, 0.3) is 0 Å². The second-order valence-corrected chi connectivity index (χ2v) is 19.9. The summed E-state index contributed by atoms with van der Waals surface area (Å²) in [6, 6.07) is 90.7. The third kappa shape index (κ3) is 6.76. The van der Waals surface area contributed by atoms with E-state index in [-0.39, 0.29) is 0 Å². The van der Waals surface area contributed by atoms with E-state index in [1.54, 1.807) is 0 Å². The lowest BCUT2D eigenvalue weighted by Gasteiger charge is -2.25. The zero-order valence-electron chi connectivity index (χ0n) is 42.6. The van der Waals surface area contributed by atoms with E-state index in [1.807, 2.05) is 13.8 Å². The smallest absolute Gasteiger partial charge is 0.000682 e. The van der Waals surface area contributed by atoms with E-state index in [4.69, 9.17) is 0 Å². The Kier molecular flexibility index (Phi) is 10.8. The van der Waals surface area contributed by atoms with Crippen LogP contribution in [-0.2, 0) is 6.42 Å². The van der Waals surface area contributed by atoms with Crippen LogP contribution in [0.2, 0.25) is 0 Å². The molecule has 3 aliphatic rings. The van der Waals surface area contributed by atoms with Crippen molar-refractivity contribution in [2.45, 2.75) is 33.6 Å². The van der Waals surface area contributed by atoms with Gasteiger partial charge in [0.1, 0.15) is 0 Å². The Balaban J connectivity index is 0.00000255. The van der Waals surface area contributed by atoms with Gasteiger partial charge in [-0.25, -0.2) is 0 Å². The SMILES string of the molecule is CC.CC/C=C1\c2c(ccc3c2Cc2ccc4c5c(ccc-3c25)-c2c(-c3ccccc3)ccc(-c3ccccc3-c3ccccc3)c2-4)-c2c1c(-c1ccccc1-c1ccccc1)c1ccccc1c2-c1ccccc1. The molecule has 0 saturated carbocycles. The van der Waals surface area contributed by atoms with Crippen LogP contribution in [0.1, 0.15) is 49.4 Å². The van der Waals surface area contributed by atoms with E-state index in [1.165, 1.54) is 161 Å². The van der Waals surface area contributed by atoms with Crippen LogP contribution < -0.4 is 0 Å². The molecule has 0 spiro atoms. The molecule has 3 aliphatic carbocycles. The van der Waals surface area contributed by atoms with Gasteiger partial charge in [0.15, 0.2) is 0 Å². The fourth-order valence-corrected chi connectivity index (χ4v) is 13.2. The number of hydrogen-bond acceptors (Lipinski definition) is 0. The van der Waals surface area contributed by atoms with Crippen molar-refractivity contribution in [1.29, 1.82) is 0 Å². The molecule has 0 nitrogen and oxygen atoms in total. The first kappa shape index (κ1) is 44.6. The Labute approximate surface area is 440 Å². The van der Waals surface area contributed by atoms with Crippen molar-refractivity contribution in [3.63, 3.8) is 0 Å². The molecular formula is C75H54. The molecule has 12 aromatic rings. The Morgan fingerprint density at radius 2 is 0.720 bits per heavy atom. The second kappa shape index (κ2) is 18.1. The largest absolute Gasteiger partial charge is 0.0763 e. The van der Waals surface area contributed by atoms with Gasteiger partial charge in [0, 0.05) is 0 Å². The average Bonchev–Trinajstić information content (AvgIpc) is 4.09. The highest BCUT2D eigenvalue weighted by molar-refractivity contribution is 6.27. The number of benzene rings is 12. The predicted octanol–water partition coefficient (Wildman–Crippen LogP) is 21.1. The molecule has 0 heterocycles. The minimum atomic E-state index is 0.850. The molecule has 0 radical (unpaired) electrons. The highest BCUT2D eigenvalue weighted by Crippen LogP contribution is 2.62. The van der Waals surface area contributed by atoms with Gasteiger partial charge in [0.2, 0.25) is 0 Å². The highest BCUT2D eigenvalue weighted by Gasteiger charge is 2.38. The highest BCUT2D eigenvalue weighted by atomic mass is 14.4. The van der Waals surface area contributed by atoms with Crippen molar-refractivity contribution in [3.8, 4) is 111 Å². The molecule has 0 unspecified atom stereocenters. The molecule has 0 saturated heterocycles. The summed E-state index contributed by atoms with van der Waals surface area (Å²) >= 11 is 0. The Morgan fingerprint density at radius 1 is 0.280 bits per heavy atom. The molecule has 354 valence electrons. The molecule has 75 heavy (non-hydrogen) atoms. The average molecular weight is 955 g/mol. The van der Waals surface area contributed by atoms with Gasteiger partial charge in [-0.1, -0.05) is 270 Å². The standard InChI is InChI=1S/C73H48.C2H6/c1-2-21-60-67-61(72-65(48-28-13-6-14-29-48)56-34-19-20-35-57(56)69(73(60)72)55-33-18-16-31-51(55)46-24-9-4-10-25-46)42-39-54-58-41-43-63-68-52(47-26-11-5-12-27-47)38-40-59(53-32-17-15-30-50(53)45-22-7-3-8-23-45)70(68)62-37-36-49(44-64(54)67)66(58)71(62)63;1-2/h3-43H,2,44H2,1H3;1-2H3/b60-21+;. The maximum atomic E-state index is 2.53. The van der Waals surface area contributed by atoms with Crippen molar-refractivity contribution < 1.29 is 0 Å². The van der Waals surface area contributed by atoms with Gasteiger partial charge in [0.05, 0.1) is 0 Å². The van der Waals surface area contributed by atoms with Gasteiger partial charge in [-0.15, -0.1) is 0 Å². The van der Waals surface area contributed by atoms with E-state index in [0.29, 0.717) is 0 Å². The number of hydrogen-bond donors (Lipinski definition) is 0.